The smallest absolute Gasteiger partial charge is 0.416 e. The van der Waals surface area contributed by atoms with Crippen LogP contribution in [-0.4, -0.2) is 37.6 Å². The minimum absolute atomic E-state index is 0. The van der Waals surface area contributed by atoms with Gasteiger partial charge in [-0.1, -0.05) is 12.1 Å². The van der Waals surface area contributed by atoms with E-state index in [-0.39, 0.29) is 30.9 Å². The molecule has 1 amide bonds. The van der Waals surface area contributed by atoms with E-state index in [0.717, 1.165) is 24.3 Å². The molecule has 0 aliphatic carbocycles. The SMILES string of the molecule is COC(=O)[C@@H]1C[C@H](NC(=O)C(F)c2ccc(C(F)(F)F)cc2)CN1.Cl. The summed E-state index contributed by atoms with van der Waals surface area (Å²) in [4.78, 5) is 23.2. The predicted octanol–water partition coefficient (Wildman–Crippen LogP) is 2.16. The molecule has 1 saturated heterocycles. The second kappa shape index (κ2) is 8.48. The van der Waals surface area contributed by atoms with Crippen molar-refractivity contribution in [3.05, 3.63) is 35.4 Å². The highest BCUT2D eigenvalue weighted by atomic mass is 35.5. The number of alkyl halides is 4. The first-order valence-electron chi connectivity index (χ1n) is 7.15. The van der Waals surface area contributed by atoms with E-state index in [0.29, 0.717) is 0 Å². The molecule has 1 aliphatic heterocycles. The fraction of sp³-hybridized carbons (Fsp3) is 0.467. The first-order valence-corrected chi connectivity index (χ1v) is 7.15. The summed E-state index contributed by atoms with van der Waals surface area (Å²) in [7, 11) is 1.23. The quantitative estimate of drug-likeness (QED) is 0.616. The number of rotatable bonds is 4. The van der Waals surface area contributed by atoms with Gasteiger partial charge in [0.05, 0.1) is 12.7 Å². The number of nitrogens with one attached hydrogen (secondary N) is 2. The van der Waals surface area contributed by atoms with Gasteiger partial charge in [0.25, 0.3) is 5.91 Å². The average molecular weight is 385 g/mol. The van der Waals surface area contributed by atoms with Crippen LogP contribution in [0.5, 0.6) is 0 Å². The Hall–Kier alpha value is -1.87. The number of methoxy groups -OCH3 is 1. The average Bonchev–Trinajstić information content (AvgIpc) is 3.01. The molecule has 0 bridgehead atoms. The molecule has 1 fully saturated rings. The van der Waals surface area contributed by atoms with Crippen LogP contribution < -0.4 is 10.6 Å². The van der Waals surface area contributed by atoms with E-state index >= 15 is 0 Å². The third-order valence-electron chi connectivity index (χ3n) is 3.72. The van der Waals surface area contributed by atoms with Gasteiger partial charge in [-0.3, -0.25) is 9.59 Å². The number of esters is 1. The molecule has 1 aromatic carbocycles. The fourth-order valence-electron chi connectivity index (χ4n) is 2.43. The number of carbonyl (C=O) groups excluding carboxylic acids is 2. The zero-order chi connectivity index (χ0) is 17.9. The topological polar surface area (TPSA) is 67.4 Å². The molecule has 2 N–H and O–H groups in total. The van der Waals surface area contributed by atoms with Gasteiger partial charge in [0.1, 0.15) is 6.04 Å². The van der Waals surface area contributed by atoms with Crippen molar-refractivity contribution in [2.24, 2.45) is 0 Å². The molecule has 1 aliphatic rings. The Morgan fingerprint density at radius 3 is 2.40 bits per heavy atom. The lowest BCUT2D eigenvalue weighted by atomic mass is 10.1. The number of hydrogen-bond donors (Lipinski definition) is 2. The van der Waals surface area contributed by atoms with Gasteiger partial charge in [0.15, 0.2) is 0 Å². The van der Waals surface area contributed by atoms with Crippen LogP contribution >= 0.6 is 12.4 Å². The molecule has 3 atom stereocenters. The third kappa shape index (κ3) is 5.30. The molecule has 5 nitrogen and oxygen atoms in total. The van der Waals surface area contributed by atoms with E-state index in [9.17, 15) is 27.2 Å². The van der Waals surface area contributed by atoms with Gasteiger partial charge in [0.2, 0.25) is 6.17 Å². The highest BCUT2D eigenvalue weighted by molar-refractivity contribution is 5.85. The zero-order valence-corrected chi connectivity index (χ0v) is 13.9. The van der Waals surface area contributed by atoms with Crippen LogP contribution in [0.25, 0.3) is 0 Å². The number of ether oxygens (including phenoxy) is 1. The summed E-state index contributed by atoms with van der Waals surface area (Å²) in [5, 5.41) is 5.25. The first kappa shape index (κ1) is 21.2. The van der Waals surface area contributed by atoms with Crippen LogP contribution in [0.1, 0.15) is 23.7 Å². The van der Waals surface area contributed by atoms with Crippen LogP contribution in [-0.2, 0) is 20.5 Å². The number of halogens is 5. The normalized spacial score (nSPS) is 21.2. The second-order valence-electron chi connectivity index (χ2n) is 5.41. The van der Waals surface area contributed by atoms with Gasteiger partial charge in [-0.25, -0.2) is 4.39 Å². The van der Waals surface area contributed by atoms with Crippen molar-refractivity contribution in [3.63, 3.8) is 0 Å². The highest BCUT2D eigenvalue weighted by Crippen LogP contribution is 2.30. The number of amides is 1. The molecule has 0 spiro atoms. The van der Waals surface area contributed by atoms with E-state index in [1.54, 1.807) is 0 Å². The summed E-state index contributed by atoms with van der Waals surface area (Å²) in [6, 6.07) is 2.26. The summed E-state index contributed by atoms with van der Waals surface area (Å²) in [5.41, 5.74) is -1.09. The van der Waals surface area contributed by atoms with Crippen molar-refractivity contribution in [1.29, 1.82) is 0 Å². The van der Waals surface area contributed by atoms with Crippen LogP contribution in [0.2, 0.25) is 0 Å². The maximum atomic E-state index is 14.1. The standard InChI is InChI=1S/C15H16F4N2O3.ClH/c1-24-14(23)11-6-10(7-20-11)21-13(22)12(16)8-2-4-9(5-3-8)15(17,18)19;/h2-5,10-12,20H,6-7H2,1H3,(H,21,22);1H/t10-,11-,12?;/m0./s1. The summed E-state index contributed by atoms with van der Waals surface area (Å²) in [6.07, 6.45) is -6.37. The van der Waals surface area contributed by atoms with Gasteiger partial charge >= 0.3 is 12.1 Å². The number of hydrogen-bond acceptors (Lipinski definition) is 4. The van der Waals surface area contributed by atoms with E-state index in [1.165, 1.54) is 7.11 Å². The third-order valence-corrected chi connectivity index (χ3v) is 3.72. The van der Waals surface area contributed by atoms with Crippen LogP contribution in [0.3, 0.4) is 0 Å². The van der Waals surface area contributed by atoms with E-state index in [1.807, 2.05) is 0 Å². The minimum Gasteiger partial charge on any atom is -0.468 e. The van der Waals surface area contributed by atoms with Crippen molar-refractivity contribution in [1.82, 2.24) is 10.6 Å². The highest BCUT2D eigenvalue weighted by Gasteiger charge is 2.33. The second-order valence-corrected chi connectivity index (χ2v) is 5.41. The lowest BCUT2D eigenvalue weighted by molar-refractivity contribution is -0.143. The summed E-state index contributed by atoms with van der Waals surface area (Å²) >= 11 is 0. The van der Waals surface area contributed by atoms with Crippen LogP contribution in [0, 0.1) is 0 Å². The molecule has 1 unspecified atom stereocenters. The molecule has 0 radical (unpaired) electrons. The zero-order valence-electron chi connectivity index (χ0n) is 13.1. The Kier molecular flexibility index (Phi) is 7.18. The molecule has 2 rings (SSSR count). The lowest BCUT2D eigenvalue weighted by Gasteiger charge is -2.15. The van der Waals surface area contributed by atoms with Crippen LogP contribution in [0.15, 0.2) is 24.3 Å². The largest absolute Gasteiger partial charge is 0.468 e. The Labute approximate surface area is 147 Å². The van der Waals surface area contributed by atoms with Crippen molar-refractivity contribution in [2.45, 2.75) is 30.9 Å². The van der Waals surface area contributed by atoms with E-state index in [2.05, 4.69) is 15.4 Å². The van der Waals surface area contributed by atoms with Gasteiger partial charge in [-0.05, 0) is 24.1 Å². The molecule has 25 heavy (non-hydrogen) atoms. The Balaban J connectivity index is 0.00000312. The molecular formula is C15H17ClF4N2O3. The summed E-state index contributed by atoms with van der Waals surface area (Å²) < 4.78 is 56.1. The molecular weight excluding hydrogens is 368 g/mol. The predicted molar refractivity (Wildman–Crippen MR) is 82.9 cm³/mol. The summed E-state index contributed by atoms with van der Waals surface area (Å²) in [6.45, 7) is 0.269. The van der Waals surface area contributed by atoms with Crippen molar-refractivity contribution in [3.8, 4) is 0 Å². The van der Waals surface area contributed by atoms with Gasteiger partial charge in [-0.2, -0.15) is 13.2 Å². The number of carbonyl (C=O) groups is 2. The van der Waals surface area contributed by atoms with Gasteiger partial charge in [-0.15, -0.1) is 12.4 Å². The van der Waals surface area contributed by atoms with E-state index in [4.69, 9.17) is 0 Å². The molecule has 1 heterocycles. The Morgan fingerprint density at radius 2 is 1.88 bits per heavy atom. The maximum Gasteiger partial charge on any atom is 0.416 e. The molecule has 1 aromatic rings. The fourth-order valence-corrected chi connectivity index (χ4v) is 2.43. The van der Waals surface area contributed by atoms with Crippen molar-refractivity contribution in [2.75, 3.05) is 13.7 Å². The van der Waals surface area contributed by atoms with Gasteiger partial charge < -0.3 is 15.4 Å². The monoisotopic (exact) mass is 384 g/mol. The molecule has 0 saturated carbocycles. The maximum absolute atomic E-state index is 14.1. The number of benzene rings is 1. The van der Waals surface area contributed by atoms with Crippen LogP contribution in [0.4, 0.5) is 17.6 Å². The van der Waals surface area contributed by atoms with Gasteiger partial charge in [0, 0.05) is 12.6 Å². The minimum atomic E-state index is -4.52. The first-order chi connectivity index (χ1) is 11.2. The Morgan fingerprint density at radius 1 is 1.28 bits per heavy atom. The molecule has 0 aromatic heterocycles. The molecule has 10 heteroatoms. The van der Waals surface area contributed by atoms with E-state index < -0.39 is 41.9 Å². The van der Waals surface area contributed by atoms with Crippen molar-refractivity contribution < 1.29 is 31.9 Å². The summed E-state index contributed by atoms with van der Waals surface area (Å²) in [5.74, 6) is -1.45. The lowest BCUT2D eigenvalue weighted by Crippen LogP contribution is -2.38. The molecule has 140 valence electrons. The van der Waals surface area contributed by atoms with Crippen molar-refractivity contribution >= 4 is 24.3 Å². The Bertz CT molecular complexity index is 610.